The molecule has 2 aromatic heterocycles. The molecule has 0 spiro atoms. The quantitative estimate of drug-likeness (QED) is 0.531. The molecule has 2 aromatic carbocycles. The van der Waals surface area contributed by atoms with E-state index in [2.05, 4.69) is 30.8 Å². The van der Waals surface area contributed by atoms with Crippen LogP contribution in [0.5, 0.6) is 0 Å². The van der Waals surface area contributed by atoms with E-state index in [-0.39, 0.29) is 12.3 Å². The van der Waals surface area contributed by atoms with Gasteiger partial charge in [-0.25, -0.2) is 0 Å². The van der Waals surface area contributed by atoms with Crippen LogP contribution in [0, 0.1) is 0 Å². The number of amides is 1. The fourth-order valence-corrected chi connectivity index (χ4v) is 2.74. The van der Waals surface area contributed by atoms with E-state index < -0.39 is 0 Å². The number of rotatable bonds is 6. The number of nitrogens with one attached hydrogen (secondary N) is 1. The second-order valence-electron chi connectivity index (χ2n) is 5.96. The first-order valence-electron chi connectivity index (χ1n) is 8.20. The van der Waals surface area contributed by atoms with Gasteiger partial charge in [-0.05, 0) is 34.5 Å². The zero-order valence-corrected chi connectivity index (χ0v) is 14.2. The summed E-state index contributed by atoms with van der Waals surface area (Å²) in [6.45, 7) is 0. The van der Waals surface area contributed by atoms with E-state index in [1.54, 1.807) is 0 Å². The number of aromatic nitrogens is 6. The average molecular weight is 361 g/mol. The van der Waals surface area contributed by atoms with Gasteiger partial charge < -0.3 is 10.2 Å². The van der Waals surface area contributed by atoms with Crippen LogP contribution < -0.4 is 5.73 Å². The molecule has 0 saturated heterocycles. The molecule has 0 fully saturated rings. The average Bonchev–Trinajstić information content (AvgIpc) is 3.34. The SMILES string of the molecule is NC(=O)Cc1cccc(-c2nnc(Cc3cccc(-c4nn[nH]n4)c3)o2)c1. The first kappa shape index (κ1) is 16.6. The highest BCUT2D eigenvalue weighted by atomic mass is 16.4. The third-order valence-electron chi connectivity index (χ3n) is 3.91. The van der Waals surface area contributed by atoms with Gasteiger partial charge >= 0.3 is 0 Å². The summed E-state index contributed by atoms with van der Waals surface area (Å²) in [6, 6.07) is 15.0. The van der Waals surface area contributed by atoms with Crippen molar-refractivity contribution in [1.82, 2.24) is 30.8 Å². The van der Waals surface area contributed by atoms with Crippen molar-refractivity contribution in [3.63, 3.8) is 0 Å². The van der Waals surface area contributed by atoms with Gasteiger partial charge in [-0.2, -0.15) is 5.21 Å². The summed E-state index contributed by atoms with van der Waals surface area (Å²) in [6.07, 6.45) is 0.636. The molecular weight excluding hydrogens is 346 g/mol. The molecule has 0 radical (unpaired) electrons. The van der Waals surface area contributed by atoms with Crippen molar-refractivity contribution in [2.24, 2.45) is 5.73 Å². The zero-order valence-electron chi connectivity index (χ0n) is 14.2. The lowest BCUT2D eigenvalue weighted by molar-refractivity contribution is -0.117. The normalized spacial score (nSPS) is 10.8. The Morgan fingerprint density at radius 2 is 1.78 bits per heavy atom. The largest absolute Gasteiger partial charge is 0.420 e. The van der Waals surface area contributed by atoms with Gasteiger partial charge in [-0.1, -0.05) is 30.3 Å². The number of tetrazole rings is 1. The van der Waals surface area contributed by atoms with Crippen LogP contribution in [0.2, 0.25) is 0 Å². The highest BCUT2D eigenvalue weighted by molar-refractivity contribution is 5.77. The van der Waals surface area contributed by atoms with E-state index in [4.69, 9.17) is 10.2 Å². The third kappa shape index (κ3) is 3.87. The van der Waals surface area contributed by atoms with E-state index in [0.717, 1.165) is 22.3 Å². The van der Waals surface area contributed by atoms with E-state index in [1.165, 1.54) is 0 Å². The number of carbonyl (C=O) groups excluding carboxylic acids is 1. The first-order chi connectivity index (χ1) is 13.2. The Morgan fingerprint density at radius 3 is 2.56 bits per heavy atom. The zero-order chi connectivity index (χ0) is 18.6. The summed E-state index contributed by atoms with van der Waals surface area (Å²) in [4.78, 5) is 11.1. The van der Waals surface area contributed by atoms with Crippen molar-refractivity contribution in [3.8, 4) is 22.8 Å². The van der Waals surface area contributed by atoms with Gasteiger partial charge in [0.15, 0.2) is 0 Å². The Bertz CT molecular complexity index is 1070. The summed E-state index contributed by atoms with van der Waals surface area (Å²) in [5.74, 6) is 1.01. The maximum atomic E-state index is 11.1. The molecule has 0 aliphatic heterocycles. The van der Waals surface area contributed by atoms with Crippen LogP contribution in [-0.2, 0) is 17.6 Å². The van der Waals surface area contributed by atoms with Crippen molar-refractivity contribution < 1.29 is 9.21 Å². The maximum Gasteiger partial charge on any atom is 0.247 e. The van der Waals surface area contributed by atoms with Gasteiger partial charge in [0.05, 0.1) is 12.8 Å². The van der Waals surface area contributed by atoms with Crippen molar-refractivity contribution in [1.29, 1.82) is 0 Å². The fourth-order valence-electron chi connectivity index (χ4n) is 2.74. The summed E-state index contributed by atoms with van der Waals surface area (Å²) >= 11 is 0. The molecule has 9 heteroatoms. The van der Waals surface area contributed by atoms with Crippen molar-refractivity contribution in [3.05, 3.63) is 65.5 Å². The minimum Gasteiger partial charge on any atom is -0.420 e. The minimum absolute atomic E-state index is 0.164. The molecule has 3 N–H and O–H groups in total. The highest BCUT2D eigenvalue weighted by Gasteiger charge is 2.11. The highest BCUT2D eigenvalue weighted by Crippen LogP contribution is 2.22. The first-order valence-corrected chi connectivity index (χ1v) is 8.20. The van der Waals surface area contributed by atoms with Crippen molar-refractivity contribution in [2.45, 2.75) is 12.8 Å². The Labute approximate surface area is 153 Å². The molecule has 4 aromatic rings. The molecule has 0 bridgehead atoms. The van der Waals surface area contributed by atoms with E-state index >= 15 is 0 Å². The van der Waals surface area contributed by atoms with Crippen LogP contribution in [0.25, 0.3) is 22.8 Å². The van der Waals surface area contributed by atoms with Crippen molar-refractivity contribution in [2.75, 3.05) is 0 Å². The van der Waals surface area contributed by atoms with Gasteiger partial charge in [-0.15, -0.1) is 20.4 Å². The van der Waals surface area contributed by atoms with Crippen LogP contribution in [0.4, 0.5) is 0 Å². The number of benzene rings is 2. The molecular formula is C18H15N7O2. The van der Waals surface area contributed by atoms with Crippen LogP contribution >= 0.6 is 0 Å². The molecule has 4 rings (SSSR count). The Kier molecular flexibility index (Phi) is 4.40. The van der Waals surface area contributed by atoms with Crippen LogP contribution in [0.1, 0.15) is 17.0 Å². The molecule has 2 heterocycles. The molecule has 0 aliphatic carbocycles. The molecule has 134 valence electrons. The lowest BCUT2D eigenvalue weighted by atomic mass is 10.1. The summed E-state index contributed by atoms with van der Waals surface area (Å²) < 4.78 is 5.78. The lowest BCUT2D eigenvalue weighted by Gasteiger charge is -2.01. The number of nitrogens with zero attached hydrogens (tertiary/aromatic N) is 5. The Balaban J connectivity index is 1.54. The molecule has 0 saturated carbocycles. The number of hydrogen-bond acceptors (Lipinski definition) is 7. The lowest BCUT2D eigenvalue weighted by Crippen LogP contribution is -2.13. The summed E-state index contributed by atoms with van der Waals surface area (Å²) in [7, 11) is 0. The smallest absolute Gasteiger partial charge is 0.247 e. The Morgan fingerprint density at radius 1 is 1.00 bits per heavy atom. The molecule has 0 atom stereocenters. The van der Waals surface area contributed by atoms with E-state index in [0.29, 0.717) is 24.0 Å². The number of carbonyl (C=O) groups is 1. The Hall–Kier alpha value is -3.88. The molecule has 0 unspecified atom stereocenters. The maximum absolute atomic E-state index is 11.1. The molecule has 1 amide bonds. The number of hydrogen-bond donors (Lipinski definition) is 2. The second kappa shape index (κ2) is 7.16. The number of primary amides is 1. The fraction of sp³-hybridized carbons (Fsp3) is 0.111. The monoisotopic (exact) mass is 361 g/mol. The minimum atomic E-state index is -0.389. The second-order valence-corrected chi connectivity index (χ2v) is 5.96. The standard InChI is InChI=1S/C18H15N7O2/c19-15(26)9-11-3-2-6-14(8-11)18-23-20-16(27-18)10-12-4-1-5-13(7-12)17-21-24-25-22-17/h1-8H,9-10H2,(H2,19,26)(H,21,22,24,25). The predicted molar refractivity (Wildman–Crippen MR) is 95.1 cm³/mol. The van der Waals surface area contributed by atoms with Gasteiger partial charge in [0.25, 0.3) is 0 Å². The van der Waals surface area contributed by atoms with Gasteiger partial charge in [0.1, 0.15) is 0 Å². The van der Waals surface area contributed by atoms with E-state index in [1.807, 2.05) is 48.5 Å². The molecule has 9 nitrogen and oxygen atoms in total. The summed E-state index contributed by atoms with van der Waals surface area (Å²) in [5, 5.41) is 22.2. The third-order valence-corrected chi connectivity index (χ3v) is 3.91. The molecule has 27 heavy (non-hydrogen) atoms. The van der Waals surface area contributed by atoms with Crippen LogP contribution in [-0.4, -0.2) is 36.7 Å². The number of aromatic amines is 1. The molecule has 0 aliphatic rings. The van der Waals surface area contributed by atoms with Crippen LogP contribution in [0.3, 0.4) is 0 Å². The predicted octanol–water partition coefficient (Wildman–Crippen LogP) is 1.54. The van der Waals surface area contributed by atoms with Gasteiger partial charge in [-0.3, -0.25) is 4.79 Å². The van der Waals surface area contributed by atoms with Gasteiger partial charge in [0.2, 0.25) is 23.5 Å². The summed E-state index contributed by atoms with van der Waals surface area (Å²) in [5.41, 5.74) is 8.62. The number of nitrogens with two attached hydrogens (primary N) is 1. The van der Waals surface area contributed by atoms with Gasteiger partial charge in [0, 0.05) is 11.1 Å². The van der Waals surface area contributed by atoms with Crippen LogP contribution in [0.15, 0.2) is 52.9 Å². The number of H-pyrrole nitrogens is 1. The topological polar surface area (TPSA) is 136 Å². The van der Waals surface area contributed by atoms with E-state index in [9.17, 15) is 4.79 Å². The van der Waals surface area contributed by atoms with Crippen molar-refractivity contribution >= 4 is 5.91 Å².